The first-order valence-corrected chi connectivity index (χ1v) is 10.5. The zero-order valence-electron chi connectivity index (χ0n) is 14.7. The van der Waals surface area contributed by atoms with Crippen molar-refractivity contribution in [3.63, 3.8) is 0 Å². The molecule has 0 bridgehead atoms. The van der Waals surface area contributed by atoms with E-state index in [9.17, 15) is 9.59 Å². The van der Waals surface area contributed by atoms with E-state index in [2.05, 4.69) is 20.9 Å². The highest BCUT2D eigenvalue weighted by atomic mass is 79.9. The summed E-state index contributed by atoms with van der Waals surface area (Å²) in [6.07, 6.45) is 3.32. The number of likely N-dealkylation sites (tertiary alicyclic amines) is 1. The van der Waals surface area contributed by atoms with Crippen LogP contribution in [0.3, 0.4) is 0 Å². The Morgan fingerprint density at radius 3 is 2.81 bits per heavy atom. The first kappa shape index (κ1) is 19.4. The zero-order valence-corrected chi connectivity index (χ0v) is 17.1. The van der Waals surface area contributed by atoms with Crippen LogP contribution in [0.5, 0.6) is 0 Å². The number of nitrogens with zero attached hydrogens (tertiary/aromatic N) is 3. The van der Waals surface area contributed by atoms with E-state index in [1.807, 2.05) is 17.0 Å². The van der Waals surface area contributed by atoms with Crippen molar-refractivity contribution in [1.82, 2.24) is 14.5 Å². The van der Waals surface area contributed by atoms with Gasteiger partial charge in [0, 0.05) is 24.7 Å². The average molecular weight is 440 g/mol. The number of halogens is 1. The van der Waals surface area contributed by atoms with Crippen LogP contribution in [-0.4, -0.2) is 52.9 Å². The number of hydrogen-bond donors (Lipinski definition) is 0. The lowest BCUT2D eigenvalue weighted by atomic mass is 10.1. The summed E-state index contributed by atoms with van der Waals surface area (Å²) in [5, 5.41) is 1.12. The van der Waals surface area contributed by atoms with Gasteiger partial charge < -0.3 is 9.64 Å². The second-order valence-corrected chi connectivity index (χ2v) is 8.09. The zero-order chi connectivity index (χ0) is 18.5. The maximum absolute atomic E-state index is 12.9. The Labute approximate surface area is 165 Å². The molecule has 1 saturated heterocycles. The number of rotatable bonds is 6. The number of piperidine rings is 1. The van der Waals surface area contributed by atoms with Gasteiger partial charge in [-0.15, -0.1) is 0 Å². The summed E-state index contributed by atoms with van der Waals surface area (Å²) in [4.78, 5) is 31.9. The minimum Gasteiger partial charge on any atom is -0.383 e. The first-order valence-electron chi connectivity index (χ1n) is 8.70. The summed E-state index contributed by atoms with van der Waals surface area (Å²) in [5.74, 6) is 0.403. The average Bonchev–Trinajstić information content (AvgIpc) is 2.67. The summed E-state index contributed by atoms with van der Waals surface area (Å²) in [7, 11) is 1.60. The molecule has 1 aliphatic rings. The molecule has 1 aromatic carbocycles. The van der Waals surface area contributed by atoms with Crippen molar-refractivity contribution in [3.8, 4) is 0 Å². The molecule has 0 N–H and O–H groups in total. The van der Waals surface area contributed by atoms with Crippen molar-refractivity contribution >= 4 is 44.5 Å². The number of carbonyl (C=O) groups excluding carboxylic acids is 1. The van der Waals surface area contributed by atoms with Gasteiger partial charge in [-0.25, -0.2) is 4.98 Å². The number of aromatic nitrogens is 2. The molecule has 1 aromatic heterocycles. The normalized spacial score (nSPS) is 14.8. The van der Waals surface area contributed by atoms with Gasteiger partial charge in [-0.1, -0.05) is 27.7 Å². The second kappa shape index (κ2) is 9.01. The maximum Gasteiger partial charge on any atom is 0.262 e. The lowest BCUT2D eigenvalue weighted by molar-refractivity contribution is -0.129. The molecule has 1 amide bonds. The fraction of sp³-hybridized carbons (Fsp3) is 0.500. The summed E-state index contributed by atoms with van der Waals surface area (Å²) in [5.41, 5.74) is 0.529. The Morgan fingerprint density at radius 1 is 1.31 bits per heavy atom. The maximum atomic E-state index is 12.9. The highest BCUT2D eigenvalue weighted by Crippen LogP contribution is 2.21. The van der Waals surface area contributed by atoms with E-state index in [1.165, 1.54) is 18.2 Å². The Morgan fingerprint density at radius 2 is 2.08 bits per heavy atom. The van der Waals surface area contributed by atoms with E-state index >= 15 is 0 Å². The Balaban J connectivity index is 1.86. The van der Waals surface area contributed by atoms with Gasteiger partial charge in [-0.3, -0.25) is 14.2 Å². The fourth-order valence-electron chi connectivity index (χ4n) is 3.02. The standard InChI is InChI=1S/C18H22BrN3O3S/c1-25-10-9-22-17(24)14-11-13(19)5-6-15(14)20-18(22)26-12-16(23)21-7-3-2-4-8-21/h5-6,11H,2-4,7-10,12H2,1H3. The van der Waals surface area contributed by atoms with Crippen molar-refractivity contribution in [3.05, 3.63) is 33.0 Å². The van der Waals surface area contributed by atoms with Crippen molar-refractivity contribution in [2.45, 2.75) is 31.0 Å². The lowest BCUT2D eigenvalue weighted by Gasteiger charge is -2.26. The summed E-state index contributed by atoms with van der Waals surface area (Å²) >= 11 is 4.73. The summed E-state index contributed by atoms with van der Waals surface area (Å²) < 4.78 is 7.57. The number of amides is 1. The van der Waals surface area contributed by atoms with Crippen LogP contribution < -0.4 is 5.56 Å². The minimum absolute atomic E-state index is 0.109. The molecule has 0 radical (unpaired) electrons. The molecular weight excluding hydrogens is 418 g/mol. The lowest BCUT2D eigenvalue weighted by Crippen LogP contribution is -2.37. The number of thioether (sulfide) groups is 1. The largest absolute Gasteiger partial charge is 0.383 e. The van der Waals surface area contributed by atoms with Gasteiger partial charge in [0.1, 0.15) is 0 Å². The van der Waals surface area contributed by atoms with E-state index < -0.39 is 0 Å². The van der Waals surface area contributed by atoms with Crippen LogP contribution in [0.1, 0.15) is 19.3 Å². The topological polar surface area (TPSA) is 64.4 Å². The SMILES string of the molecule is COCCn1c(SCC(=O)N2CCCCC2)nc2ccc(Br)cc2c1=O. The molecule has 1 fully saturated rings. The van der Waals surface area contributed by atoms with Crippen LogP contribution in [-0.2, 0) is 16.1 Å². The number of ether oxygens (including phenoxy) is 1. The van der Waals surface area contributed by atoms with Gasteiger partial charge in [0.2, 0.25) is 5.91 Å². The molecule has 0 unspecified atom stereocenters. The molecule has 0 atom stereocenters. The third kappa shape index (κ3) is 4.47. The fourth-order valence-corrected chi connectivity index (χ4v) is 4.31. The predicted molar refractivity (Wildman–Crippen MR) is 107 cm³/mol. The Bertz CT molecular complexity index is 849. The van der Waals surface area contributed by atoms with E-state index in [1.54, 1.807) is 17.7 Å². The highest BCUT2D eigenvalue weighted by molar-refractivity contribution is 9.10. The molecule has 0 aliphatic carbocycles. The van der Waals surface area contributed by atoms with E-state index in [0.29, 0.717) is 35.0 Å². The van der Waals surface area contributed by atoms with Gasteiger partial charge in [0.25, 0.3) is 5.56 Å². The van der Waals surface area contributed by atoms with Crippen LogP contribution >= 0.6 is 27.7 Å². The van der Waals surface area contributed by atoms with Crippen LogP contribution in [0.2, 0.25) is 0 Å². The quantitative estimate of drug-likeness (QED) is 0.511. The van der Waals surface area contributed by atoms with Gasteiger partial charge in [0.05, 0.1) is 29.8 Å². The molecular formula is C18H22BrN3O3S. The number of methoxy groups -OCH3 is 1. The molecule has 26 heavy (non-hydrogen) atoms. The third-order valence-corrected chi connectivity index (χ3v) is 5.89. The van der Waals surface area contributed by atoms with E-state index in [4.69, 9.17) is 4.74 Å². The Hall–Kier alpha value is -1.38. The van der Waals surface area contributed by atoms with Crippen LogP contribution in [0, 0.1) is 0 Å². The van der Waals surface area contributed by atoms with Crippen molar-refractivity contribution < 1.29 is 9.53 Å². The Kier molecular flexibility index (Phi) is 6.72. The monoisotopic (exact) mass is 439 g/mol. The molecule has 0 saturated carbocycles. The molecule has 2 heterocycles. The van der Waals surface area contributed by atoms with Crippen molar-refractivity contribution in [2.75, 3.05) is 32.6 Å². The van der Waals surface area contributed by atoms with Crippen molar-refractivity contribution in [2.24, 2.45) is 0 Å². The molecule has 2 aromatic rings. The van der Waals surface area contributed by atoms with E-state index in [0.717, 1.165) is 30.4 Å². The number of carbonyl (C=O) groups is 1. The third-order valence-electron chi connectivity index (χ3n) is 4.43. The molecule has 1 aliphatic heterocycles. The number of benzene rings is 1. The number of hydrogen-bond acceptors (Lipinski definition) is 5. The summed E-state index contributed by atoms with van der Waals surface area (Å²) in [6.45, 7) is 2.48. The van der Waals surface area contributed by atoms with Gasteiger partial charge in [-0.05, 0) is 37.5 Å². The van der Waals surface area contributed by atoms with Gasteiger partial charge in [0.15, 0.2) is 5.16 Å². The smallest absolute Gasteiger partial charge is 0.262 e. The van der Waals surface area contributed by atoms with Gasteiger partial charge in [-0.2, -0.15) is 0 Å². The predicted octanol–water partition coefficient (Wildman–Crippen LogP) is 2.91. The molecule has 0 spiro atoms. The first-order chi connectivity index (χ1) is 12.6. The second-order valence-electron chi connectivity index (χ2n) is 6.24. The van der Waals surface area contributed by atoms with Crippen LogP contribution in [0.25, 0.3) is 10.9 Å². The molecule has 8 heteroatoms. The molecule has 140 valence electrons. The minimum atomic E-state index is -0.110. The molecule has 3 rings (SSSR count). The van der Waals surface area contributed by atoms with Crippen LogP contribution in [0.4, 0.5) is 0 Å². The van der Waals surface area contributed by atoms with Crippen molar-refractivity contribution in [1.29, 1.82) is 0 Å². The van der Waals surface area contributed by atoms with Crippen LogP contribution in [0.15, 0.2) is 32.6 Å². The highest BCUT2D eigenvalue weighted by Gasteiger charge is 2.18. The molecule has 6 nitrogen and oxygen atoms in total. The number of fused-ring (bicyclic) bond motifs is 1. The van der Waals surface area contributed by atoms with E-state index in [-0.39, 0.29) is 11.5 Å². The summed E-state index contributed by atoms with van der Waals surface area (Å²) in [6, 6.07) is 5.46. The van der Waals surface area contributed by atoms with Gasteiger partial charge >= 0.3 is 0 Å².